The second kappa shape index (κ2) is 4.34. The number of fused-ring (bicyclic) bond motifs is 1. The first-order chi connectivity index (χ1) is 7.56. The van der Waals surface area contributed by atoms with Crippen LogP contribution in [0.25, 0.3) is 0 Å². The van der Waals surface area contributed by atoms with Crippen LogP contribution in [-0.4, -0.2) is 18.8 Å². The number of ether oxygens (including phenoxy) is 2. The Morgan fingerprint density at radius 1 is 1.25 bits per heavy atom. The molecule has 1 aromatic rings. The molecule has 0 fully saturated rings. The van der Waals surface area contributed by atoms with Gasteiger partial charge in [0.15, 0.2) is 11.5 Å². The fourth-order valence-corrected chi connectivity index (χ4v) is 1.79. The fourth-order valence-electron chi connectivity index (χ4n) is 1.79. The minimum absolute atomic E-state index is 0.141. The Bertz CT molecular complexity index is 369. The summed E-state index contributed by atoms with van der Waals surface area (Å²) in [4.78, 5) is 0. The number of rotatable bonds is 3. The Kier molecular flexibility index (Phi) is 3.06. The summed E-state index contributed by atoms with van der Waals surface area (Å²) in [7, 11) is 0. The predicted octanol–water partition coefficient (Wildman–Crippen LogP) is 2.13. The van der Waals surface area contributed by atoms with Gasteiger partial charge >= 0.3 is 0 Å². The number of aryl methyl sites for hydroxylation is 1. The quantitative estimate of drug-likeness (QED) is 0.850. The maximum Gasteiger partial charge on any atom is 0.164 e. The number of hydrogen-bond acceptors (Lipinski definition) is 3. The Hall–Kier alpha value is -1.22. The van der Waals surface area contributed by atoms with Gasteiger partial charge in [-0.15, -0.1) is 0 Å². The molecule has 1 aliphatic heterocycles. The van der Waals surface area contributed by atoms with E-state index in [2.05, 4.69) is 6.07 Å². The van der Waals surface area contributed by atoms with Gasteiger partial charge in [0.05, 0.1) is 0 Å². The van der Waals surface area contributed by atoms with Gasteiger partial charge in [-0.1, -0.05) is 12.1 Å². The monoisotopic (exact) mass is 221 g/mol. The van der Waals surface area contributed by atoms with Crippen molar-refractivity contribution in [2.75, 3.05) is 13.2 Å². The lowest BCUT2D eigenvalue weighted by Crippen LogP contribution is -2.32. The van der Waals surface area contributed by atoms with Crippen molar-refractivity contribution in [3.05, 3.63) is 23.8 Å². The number of nitrogens with two attached hydrogens (primary N) is 1. The first kappa shape index (κ1) is 11.3. The molecule has 1 aromatic carbocycles. The van der Waals surface area contributed by atoms with E-state index in [1.807, 2.05) is 26.0 Å². The first-order valence-corrected chi connectivity index (χ1v) is 5.73. The van der Waals surface area contributed by atoms with Crippen molar-refractivity contribution in [1.29, 1.82) is 0 Å². The summed E-state index contributed by atoms with van der Waals surface area (Å²) in [6.45, 7) is 5.36. The zero-order valence-corrected chi connectivity index (χ0v) is 9.95. The molecule has 0 aromatic heterocycles. The summed E-state index contributed by atoms with van der Waals surface area (Å²) < 4.78 is 11.2. The molecule has 88 valence electrons. The summed E-state index contributed by atoms with van der Waals surface area (Å²) >= 11 is 0. The van der Waals surface area contributed by atoms with Gasteiger partial charge < -0.3 is 15.2 Å². The second-order valence-corrected chi connectivity index (χ2v) is 4.93. The summed E-state index contributed by atoms with van der Waals surface area (Å²) in [5.41, 5.74) is 7.04. The molecule has 1 aliphatic rings. The van der Waals surface area contributed by atoms with Crippen molar-refractivity contribution < 1.29 is 9.47 Å². The molecule has 0 atom stereocenters. The molecule has 3 nitrogen and oxygen atoms in total. The Morgan fingerprint density at radius 3 is 2.75 bits per heavy atom. The van der Waals surface area contributed by atoms with Crippen molar-refractivity contribution in [3.63, 3.8) is 0 Å². The molecular weight excluding hydrogens is 202 g/mol. The molecule has 0 radical (unpaired) electrons. The zero-order valence-electron chi connectivity index (χ0n) is 9.95. The summed E-state index contributed by atoms with van der Waals surface area (Å²) in [6.07, 6.45) is 1.86. The fraction of sp³-hybridized carbons (Fsp3) is 0.538. The molecule has 0 aliphatic carbocycles. The van der Waals surface area contributed by atoms with Gasteiger partial charge in [-0.25, -0.2) is 0 Å². The van der Waals surface area contributed by atoms with Gasteiger partial charge in [0.2, 0.25) is 0 Å². The van der Waals surface area contributed by atoms with Crippen LogP contribution >= 0.6 is 0 Å². The molecule has 0 spiro atoms. The van der Waals surface area contributed by atoms with Crippen LogP contribution in [0.2, 0.25) is 0 Å². The number of para-hydroxylation sites is 1. The van der Waals surface area contributed by atoms with Crippen molar-refractivity contribution in [2.45, 2.75) is 32.2 Å². The van der Waals surface area contributed by atoms with Crippen molar-refractivity contribution in [1.82, 2.24) is 0 Å². The Labute approximate surface area is 96.5 Å². The van der Waals surface area contributed by atoms with Crippen LogP contribution in [0, 0.1) is 0 Å². The van der Waals surface area contributed by atoms with E-state index in [0.29, 0.717) is 13.2 Å². The van der Waals surface area contributed by atoms with Gasteiger partial charge in [0.1, 0.15) is 13.2 Å². The third-order valence-electron chi connectivity index (χ3n) is 2.69. The van der Waals surface area contributed by atoms with Crippen LogP contribution in [-0.2, 0) is 6.42 Å². The van der Waals surface area contributed by atoms with E-state index < -0.39 is 0 Å². The van der Waals surface area contributed by atoms with E-state index in [1.54, 1.807) is 0 Å². The SMILES string of the molecule is CC(C)(N)CCc1cccc2c1OCCO2. The molecule has 0 saturated carbocycles. The standard InChI is InChI=1S/C13H19NO2/c1-13(2,14)7-6-10-4-3-5-11-12(10)16-9-8-15-11/h3-5H,6-9,14H2,1-2H3. The molecular formula is C13H19NO2. The topological polar surface area (TPSA) is 44.5 Å². The van der Waals surface area contributed by atoms with Gasteiger partial charge in [-0.2, -0.15) is 0 Å². The predicted molar refractivity (Wildman–Crippen MR) is 64.0 cm³/mol. The minimum atomic E-state index is -0.141. The van der Waals surface area contributed by atoms with E-state index >= 15 is 0 Å². The van der Waals surface area contributed by atoms with Crippen LogP contribution < -0.4 is 15.2 Å². The zero-order chi connectivity index (χ0) is 11.6. The molecule has 16 heavy (non-hydrogen) atoms. The lowest BCUT2D eigenvalue weighted by Gasteiger charge is -2.23. The highest BCUT2D eigenvalue weighted by Gasteiger charge is 2.17. The molecule has 3 heteroatoms. The van der Waals surface area contributed by atoms with Gasteiger partial charge in [0, 0.05) is 5.54 Å². The molecule has 0 bridgehead atoms. The Balaban J connectivity index is 2.15. The summed E-state index contributed by atoms with van der Waals surface area (Å²) in [6, 6.07) is 6.04. The normalized spacial score (nSPS) is 14.9. The van der Waals surface area contributed by atoms with E-state index in [0.717, 1.165) is 24.3 Å². The average Bonchev–Trinajstić information content (AvgIpc) is 2.25. The van der Waals surface area contributed by atoms with Crippen LogP contribution in [0.15, 0.2) is 18.2 Å². The van der Waals surface area contributed by atoms with Crippen LogP contribution in [0.5, 0.6) is 11.5 Å². The van der Waals surface area contributed by atoms with Crippen LogP contribution in [0.1, 0.15) is 25.8 Å². The third kappa shape index (κ3) is 2.67. The summed E-state index contributed by atoms with van der Waals surface area (Å²) in [5, 5.41) is 0. The molecule has 0 amide bonds. The third-order valence-corrected chi connectivity index (χ3v) is 2.69. The van der Waals surface area contributed by atoms with Crippen molar-refractivity contribution in [2.24, 2.45) is 5.73 Å². The highest BCUT2D eigenvalue weighted by molar-refractivity contribution is 5.47. The van der Waals surface area contributed by atoms with Gasteiger partial charge in [-0.05, 0) is 38.3 Å². The van der Waals surface area contributed by atoms with Crippen molar-refractivity contribution in [3.8, 4) is 11.5 Å². The van der Waals surface area contributed by atoms with Crippen molar-refractivity contribution >= 4 is 0 Å². The van der Waals surface area contributed by atoms with E-state index in [1.165, 1.54) is 5.56 Å². The highest BCUT2D eigenvalue weighted by atomic mass is 16.6. The van der Waals surface area contributed by atoms with E-state index in [9.17, 15) is 0 Å². The molecule has 2 N–H and O–H groups in total. The van der Waals surface area contributed by atoms with Gasteiger partial charge in [0.25, 0.3) is 0 Å². The highest BCUT2D eigenvalue weighted by Crippen LogP contribution is 2.34. The molecule has 1 heterocycles. The van der Waals surface area contributed by atoms with E-state index in [4.69, 9.17) is 15.2 Å². The largest absolute Gasteiger partial charge is 0.486 e. The first-order valence-electron chi connectivity index (χ1n) is 5.73. The summed E-state index contributed by atoms with van der Waals surface area (Å²) in [5.74, 6) is 1.76. The molecule has 0 saturated heterocycles. The molecule has 0 unspecified atom stereocenters. The smallest absolute Gasteiger partial charge is 0.164 e. The lowest BCUT2D eigenvalue weighted by molar-refractivity contribution is 0.169. The van der Waals surface area contributed by atoms with E-state index in [-0.39, 0.29) is 5.54 Å². The molecule has 2 rings (SSSR count). The number of hydrogen-bond donors (Lipinski definition) is 1. The maximum absolute atomic E-state index is 5.99. The van der Waals surface area contributed by atoms with Crippen LogP contribution in [0.4, 0.5) is 0 Å². The number of benzene rings is 1. The lowest BCUT2D eigenvalue weighted by atomic mass is 9.96. The second-order valence-electron chi connectivity index (χ2n) is 4.93. The van der Waals surface area contributed by atoms with Gasteiger partial charge in [-0.3, -0.25) is 0 Å². The van der Waals surface area contributed by atoms with Crippen LogP contribution in [0.3, 0.4) is 0 Å². The minimum Gasteiger partial charge on any atom is -0.486 e. The maximum atomic E-state index is 5.99. The average molecular weight is 221 g/mol. The Morgan fingerprint density at radius 2 is 2.00 bits per heavy atom.